The summed E-state index contributed by atoms with van der Waals surface area (Å²) in [5.74, 6) is 0.588. The molecule has 88 valence electrons. The maximum absolute atomic E-state index is 11.8. The summed E-state index contributed by atoms with van der Waals surface area (Å²) in [6.07, 6.45) is 2.10. The summed E-state index contributed by atoms with van der Waals surface area (Å²) in [5, 5.41) is 4.89. The molecular weight excluding hydrogens is 290 g/mol. The van der Waals surface area contributed by atoms with Crippen LogP contribution in [0.5, 0.6) is 0 Å². The second-order valence-corrected chi connectivity index (χ2v) is 5.63. The predicted molar refractivity (Wildman–Crippen MR) is 67.9 cm³/mol. The highest BCUT2D eigenvalue weighted by molar-refractivity contribution is 9.10. The van der Waals surface area contributed by atoms with Crippen molar-refractivity contribution in [3.05, 3.63) is 20.8 Å². The van der Waals surface area contributed by atoms with Gasteiger partial charge in [0.1, 0.15) is 4.88 Å². The fourth-order valence-corrected chi connectivity index (χ4v) is 3.19. The van der Waals surface area contributed by atoms with Gasteiger partial charge in [-0.25, -0.2) is 0 Å². The monoisotopic (exact) mass is 303 g/mol. The summed E-state index contributed by atoms with van der Waals surface area (Å²) >= 11 is 4.82. The van der Waals surface area contributed by atoms with E-state index in [4.69, 9.17) is 4.74 Å². The summed E-state index contributed by atoms with van der Waals surface area (Å²) in [5.41, 5.74) is 0. The number of rotatable bonds is 3. The first-order chi connectivity index (χ1) is 7.77. The first kappa shape index (κ1) is 12.1. The summed E-state index contributed by atoms with van der Waals surface area (Å²) < 4.78 is 6.16. The van der Waals surface area contributed by atoms with E-state index in [0.29, 0.717) is 5.92 Å². The van der Waals surface area contributed by atoms with Crippen molar-refractivity contribution in [2.75, 3.05) is 19.8 Å². The van der Waals surface area contributed by atoms with Gasteiger partial charge in [0, 0.05) is 24.2 Å². The number of halogens is 1. The Kier molecular flexibility index (Phi) is 4.37. The van der Waals surface area contributed by atoms with Gasteiger partial charge in [-0.15, -0.1) is 11.3 Å². The minimum absolute atomic E-state index is 0.0216. The number of carbonyl (C=O) groups excluding carboxylic acids is 1. The Hall–Kier alpha value is -0.390. The third-order valence-electron chi connectivity index (χ3n) is 2.72. The molecule has 0 unspecified atom stereocenters. The predicted octanol–water partition coefficient (Wildman–Crippen LogP) is 2.67. The molecule has 0 bridgehead atoms. The maximum atomic E-state index is 11.8. The highest BCUT2D eigenvalue weighted by Crippen LogP contribution is 2.22. The van der Waals surface area contributed by atoms with Gasteiger partial charge in [0.2, 0.25) is 0 Å². The fraction of sp³-hybridized carbons (Fsp3) is 0.545. The lowest BCUT2D eigenvalue weighted by molar-refractivity contribution is 0.0643. The summed E-state index contributed by atoms with van der Waals surface area (Å²) in [6, 6.07) is 1.90. The molecule has 0 aliphatic carbocycles. The van der Waals surface area contributed by atoms with E-state index in [0.717, 1.165) is 42.0 Å². The van der Waals surface area contributed by atoms with Crippen LogP contribution in [0.15, 0.2) is 15.9 Å². The lowest BCUT2D eigenvalue weighted by Crippen LogP contribution is -2.31. The largest absolute Gasteiger partial charge is 0.381 e. The number of amides is 1. The molecule has 1 aromatic heterocycles. The number of hydrogen-bond donors (Lipinski definition) is 1. The normalized spacial score (nSPS) is 17.3. The molecule has 0 atom stereocenters. The molecule has 1 fully saturated rings. The topological polar surface area (TPSA) is 38.3 Å². The first-order valence-electron chi connectivity index (χ1n) is 5.36. The van der Waals surface area contributed by atoms with Crippen LogP contribution in [0.3, 0.4) is 0 Å². The van der Waals surface area contributed by atoms with Gasteiger partial charge in [-0.3, -0.25) is 4.79 Å². The molecule has 1 amide bonds. The number of hydrogen-bond acceptors (Lipinski definition) is 3. The molecule has 0 spiro atoms. The zero-order valence-corrected chi connectivity index (χ0v) is 11.3. The SMILES string of the molecule is O=C(NCC1CCOCC1)c1sccc1Br. The Balaban J connectivity index is 1.81. The van der Waals surface area contributed by atoms with E-state index < -0.39 is 0 Å². The van der Waals surface area contributed by atoms with Crippen molar-refractivity contribution in [2.24, 2.45) is 5.92 Å². The molecule has 5 heteroatoms. The van der Waals surface area contributed by atoms with Gasteiger partial charge in [-0.05, 0) is 46.1 Å². The van der Waals surface area contributed by atoms with Gasteiger partial charge in [0.25, 0.3) is 5.91 Å². The third-order valence-corrected chi connectivity index (χ3v) is 4.55. The van der Waals surface area contributed by atoms with Crippen LogP contribution in [-0.4, -0.2) is 25.7 Å². The van der Waals surface area contributed by atoms with Crippen molar-refractivity contribution in [2.45, 2.75) is 12.8 Å². The van der Waals surface area contributed by atoms with Gasteiger partial charge >= 0.3 is 0 Å². The molecule has 3 nitrogen and oxygen atoms in total. The van der Waals surface area contributed by atoms with Crippen LogP contribution in [0, 0.1) is 5.92 Å². The minimum Gasteiger partial charge on any atom is -0.381 e. The van der Waals surface area contributed by atoms with Crippen LogP contribution in [0.4, 0.5) is 0 Å². The van der Waals surface area contributed by atoms with Crippen molar-refractivity contribution in [1.29, 1.82) is 0 Å². The minimum atomic E-state index is 0.0216. The van der Waals surface area contributed by atoms with Crippen LogP contribution in [0.1, 0.15) is 22.5 Å². The Morgan fingerprint density at radius 3 is 2.94 bits per heavy atom. The number of carbonyl (C=O) groups is 1. The van der Waals surface area contributed by atoms with E-state index in [1.807, 2.05) is 11.4 Å². The van der Waals surface area contributed by atoms with Crippen LogP contribution < -0.4 is 5.32 Å². The molecule has 2 rings (SSSR count). The fourth-order valence-electron chi connectivity index (χ4n) is 1.72. The van der Waals surface area contributed by atoms with E-state index in [-0.39, 0.29) is 5.91 Å². The van der Waals surface area contributed by atoms with E-state index in [9.17, 15) is 4.79 Å². The standard InChI is InChI=1S/C11H14BrNO2S/c12-9-3-6-16-10(9)11(14)13-7-8-1-4-15-5-2-8/h3,6,8H,1-2,4-5,7H2,(H,13,14). The second kappa shape index (κ2) is 5.80. The molecule has 0 saturated carbocycles. The average Bonchev–Trinajstić information content (AvgIpc) is 2.74. The average molecular weight is 304 g/mol. The van der Waals surface area contributed by atoms with Crippen molar-refractivity contribution in [3.63, 3.8) is 0 Å². The van der Waals surface area contributed by atoms with Gasteiger partial charge in [0.05, 0.1) is 0 Å². The van der Waals surface area contributed by atoms with Gasteiger partial charge in [-0.2, -0.15) is 0 Å². The highest BCUT2D eigenvalue weighted by atomic mass is 79.9. The Morgan fingerprint density at radius 2 is 2.31 bits per heavy atom. The molecule has 1 aliphatic heterocycles. The highest BCUT2D eigenvalue weighted by Gasteiger charge is 2.16. The maximum Gasteiger partial charge on any atom is 0.262 e. The second-order valence-electron chi connectivity index (χ2n) is 3.86. The van der Waals surface area contributed by atoms with Crippen molar-refractivity contribution in [1.82, 2.24) is 5.32 Å². The van der Waals surface area contributed by atoms with Gasteiger partial charge < -0.3 is 10.1 Å². The molecule has 16 heavy (non-hydrogen) atoms. The quantitative estimate of drug-likeness (QED) is 0.932. The van der Waals surface area contributed by atoms with Crippen LogP contribution in [0.25, 0.3) is 0 Å². The molecule has 1 aromatic rings. The van der Waals surface area contributed by atoms with Gasteiger partial charge in [-0.1, -0.05) is 0 Å². The van der Waals surface area contributed by atoms with Crippen molar-refractivity contribution < 1.29 is 9.53 Å². The van der Waals surface area contributed by atoms with E-state index in [1.54, 1.807) is 0 Å². The van der Waals surface area contributed by atoms with E-state index >= 15 is 0 Å². The lowest BCUT2D eigenvalue weighted by Gasteiger charge is -2.22. The molecule has 1 N–H and O–H groups in total. The molecule has 0 aromatic carbocycles. The van der Waals surface area contributed by atoms with Crippen LogP contribution >= 0.6 is 27.3 Å². The molecular formula is C11H14BrNO2S. The van der Waals surface area contributed by atoms with Gasteiger partial charge in [0.15, 0.2) is 0 Å². The van der Waals surface area contributed by atoms with E-state index in [1.165, 1.54) is 11.3 Å². The molecule has 1 aliphatic rings. The van der Waals surface area contributed by atoms with E-state index in [2.05, 4.69) is 21.2 Å². The molecule has 2 heterocycles. The van der Waals surface area contributed by atoms with Crippen LogP contribution in [0.2, 0.25) is 0 Å². The lowest BCUT2D eigenvalue weighted by atomic mass is 10.0. The zero-order valence-electron chi connectivity index (χ0n) is 8.87. The first-order valence-corrected chi connectivity index (χ1v) is 7.03. The van der Waals surface area contributed by atoms with Crippen LogP contribution in [-0.2, 0) is 4.74 Å². The van der Waals surface area contributed by atoms with Crippen molar-refractivity contribution >= 4 is 33.2 Å². The van der Waals surface area contributed by atoms with Crippen molar-refractivity contribution in [3.8, 4) is 0 Å². The number of thiophene rings is 1. The Labute approximate surface area is 107 Å². The molecule has 0 radical (unpaired) electrons. The number of nitrogens with one attached hydrogen (secondary N) is 1. The molecule has 1 saturated heterocycles. The third kappa shape index (κ3) is 3.06. The smallest absolute Gasteiger partial charge is 0.262 e. The summed E-state index contributed by atoms with van der Waals surface area (Å²) in [4.78, 5) is 12.6. The zero-order chi connectivity index (χ0) is 11.4. The number of ether oxygens (including phenoxy) is 1. The summed E-state index contributed by atoms with van der Waals surface area (Å²) in [6.45, 7) is 2.40. The Morgan fingerprint density at radius 1 is 1.56 bits per heavy atom. The Bertz CT molecular complexity index is 361. The summed E-state index contributed by atoms with van der Waals surface area (Å²) in [7, 11) is 0.